The Morgan fingerprint density at radius 2 is 0.661 bits per heavy atom. The second kappa shape index (κ2) is 33.5. The Hall–Kier alpha value is -9.06. The molecular weight excluding hydrogens is 1480 g/mol. The van der Waals surface area contributed by atoms with Crippen molar-refractivity contribution in [1.29, 1.82) is 0 Å². The smallest absolute Gasteiger partial charge is 0.312 e. The van der Waals surface area contributed by atoms with Crippen molar-refractivity contribution >= 4 is 43.1 Å². The predicted octanol–water partition coefficient (Wildman–Crippen LogP) is 16.5. The van der Waals surface area contributed by atoms with Gasteiger partial charge in [0.05, 0.1) is 175 Å². The van der Waals surface area contributed by atoms with Gasteiger partial charge in [0, 0.05) is 66.3 Å². The van der Waals surface area contributed by atoms with E-state index in [1.807, 2.05) is 109 Å². The van der Waals surface area contributed by atoms with Gasteiger partial charge in [-0.2, -0.15) is 0 Å². The van der Waals surface area contributed by atoms with Gasteiger partial charge in [-0.15, -0.1) is 0 Å². The lowest BCUT2D eigenvalue weighted by atomic mass is 9.85. The number of hydrogen-bond donors (Lipinski definition) is 0. The Labute approximate surface area is 671 Å². The van der Waals surface area contributed by atoms with E-state index in [2.05, 4.69) is 47.6 Å². The van der Waals surface area contributed by atoms with Crippen LogP contribution in [0.1, 0.15) is 107 Å². The van der Waals surface area contributed by atoms with Gasteiger partial charge in [-0.1, -0.05) is 77.9 Å². The zero-order valence-corrected chi connectivity index (χ0v) is 69.3. The molecular formula is C90H108O25. The quantitative estimate of drug-likeness (QED) is 0.0547. The molecule has 8 bridgehead atoms. The summed E-state index contributed by atoms with van der Waals surface area (Å²) >= 11 is 0. The maximum Gasteiger partial charge on any atom is 0.312 e. The van der Waals surface area contributed by atoms with Crippen LogP contribution in [0.25, 0.3) is 43.1 Å². The van der Waals surface area contributed by atoms with Gasteiger partial charge in [0.2, 0.25) is 11.5 Å². The Bertz CT molecular complexity index is 4880. The van der Waals surface area contributed by atoms with Crippen LogP contribution in [0.2, 0.25) is 0 Å². The Kier molecular flexibility index (Phi) is 24.0. The molecule has 115 heavy (non-hydrogen) atoms. The van der Waals surface area contributed by atoms with Crippen molar-refractivity contribution in [3.8, 4) is 74.7 Å². The second-order valence-electron chi connectivity index (χ2n) is 30.7. The minimum absolute atomic E-state index is 0.0294. The molecule has 0 saturated carbocycles. The normalized spacial score (nSPS) is 26.0. The largest absolute Gasteiger partial charge is 0.497 e. The molecule has 0 aliphatic carbocycles. The number of hydrogen-bond acceptors (Lipinski definition) is 25. The van der Waals surface area contributed by atoms with E-state index in [0.29, 0.717) is 155 Å². The highest BCUT2D eigenvalue weighted by molar-refractivity contribution is 5.99. The van der Waals surface area contributed by atoms with Gasteiger partial charge in [-0.05, 0) is 132 Å². The lowest BCUT2D eigenvalue weighted by molar-refractivity contribution is -0.480. The molecule has 9 aromatic rings. The van der Waals surface area contributed by atoms with E-state index in [1.54, 1.807) is 85.3 Å². The molecule has 21 rings (SSSR count). The first-order valence-electron chi connectivity index (χ1n) is 39.0. The first kappa shape index (κ1) is 82.5. The lowest BCUT2D eigenvalue weighted by Gasteiger charge is -2.51. The third-order valence-corrected chi connectivity index (χ3v) is 23.8. The molecule has 12 saturated heterocycles. The van der Waals surface area contributed by atoms with Gasteiger partial charge in [-0.25, -0.2) is 0 Å². The molecule has 9 aromatic carbocycles. The van der Waals surface area contributed by atoms with Crippen LogP contribution in [0.4, 0.5) is 0 Å². The molecule has 12 aliphatic rings. The summed E-state index contributed by atoms with van der Waals surface area (Å²) < 4.78 is 147. The molecule has 0 aromatic heterocycles. The van der Waals surface area contributed by atoms with Crippen molar-refractivity contribution in [1.82, 2.24) is 0 Å². The third kappa shape index (κ3) is 14.9. The highest BCUT2D eigenvalue weighted by Crippen LogP contribution is 2.56. The summed E-state index contributed by atoms with van der Waals surface area (Å²) in [7, 11) is 19.5. The van der Waals surface area contributed by atoms with Crippen LogP contribution in [0, 0.1) is 21.7 Å². The van der Waals surface area contributed by atoms with E-state index in [1.165, 1.54) is 0 Å². The van der Waals surface area contributed by atoms with Crippen LogP contribution in [-0.2, 0) is 87.3 Å². The number of ether oxygens (including phenoxy) is 25. The molecule has 0 spiro atoms. The summed E-state index contributed by atoms with van der Waals surface area (Å²) in [5.74, 6) is 3.58. The molecule has 12 heterocycles. The molecule has 618 valence electrons. The lowest BCUT2D eigenvalue weighted by Crippen LogP contribution is -2.58. The number of benzene rings is 9. The summed E-state index contributed by atoms with van der Waals surface area (Å²) in [4.78, 5) is 0. The van der Waals surface area contributed by atoms with Gasteiger partial charge >= 0.3 is 23.9 Å². The maximum atomic E-state index is 6.35. The Balaban J connectivity index is 0.000000127. The van der Waals surface area contributed by atoms with Crippen molar-refractivity contribution in [3.05, 3.63) is 149 Å². The summed E-state index contributed by atoms with van der Waals surface area (Å²) in [6.07, 6.45) is 3.81. The maximum absolute atomic E-state index is 6.35. The van der Waals surface area contributed by atoms with Crippen molar-refractivity contribution in [2.45, 2.75) is 104 Å². The molecule has 0 atom stereocenters. The SMILES string of the molecule is CCC12COC(c3cc(OC)c4c(OC)cc(OC)cc4c3)(OC1)OC2.CCC12COC(c3cc(OC)c4cc(OC)c(OC)c(C(C)C)c4c3)(OC1)OC2.CCC12COC(c3cc(OCc4ccccc4)c4c(OC)c(OC)c(OC)cc4c3)(OC1)OC2.CCC12COC(c3ccc4c(OC)c(OC)c(OC)cc4c3)(OC1)OC2. The minimum Gasteiger partial charge on any atom is -0.497 e. The first-order valence-corrected chi connectivity index (χ1v) is 39.0. The topological polar surface area (TPSA) is 231 Å². The Morgan fingerprint density at radius 3 is 1.08 bits per heavy atom. The van der Waals surface area contributed by atoms with E-state index >= 15 is 0 Å². The molecule has 0 amide bonds. The van der Waals surface area contributed by atoms with Crippen LogP contribution < -0.4 is 61.6 Å². The van der Waals surface area contributed by atoms with Gasteiger partial charge < -0.3 is 118 Å². The fourth-order valence-electron chi connectivity index (χ4n) is 16.0. The van der Waals surface area contributed by atoms with Crippen molar-refractivity contribution < 1.29 is 118 Å². The molecule has 12 fully saturated rings. The van der Waals surface area contributed by atoms with Gasteiger partial charge in [0.1, 0.15) is 35.4 Å². The molecule has 25 nitrogen and oxygen atoms in total. The number of rotatable bonds is 24. The fraction of sp³-hybridized carbons (Fsp3) is 0.489. The van der Waals surface area contributed by atoms with Crippen LogP contribution in [0.3, 0.4) is 0 Å². The summed E-state index contributed by atoms with van der Waals surface area (Å²) in [6, 6.07) is 37.2. The van der Waals surface area contributed by atoms with E-state index in [9.17, 15) is 0 Å². The average Bonchev–Trinajstić information content (AvgIpc) is 0.790. The molecule has 0 N–H and O–H groups in total. The molecule has 0 radical (unpaired) electrons. The zero-order valence-electron chi connectivity index (χ0n) is 69.3. The van der Waals surface area contributed by atoms with E-state index in [0.717, 1.165) is 108 Å². The fourth-order valence-corrected chi connectivity index (χ4v) is 16.0. The summed E-state index contributed by atoms with van der Waals surface area (Å²) in [6.45, 7) is 20.5. The highest BCUT2D eigenvalue weighted by atomic mass is 16.9. The summed E-state index contributed by atoms with van der Waals surface area (Å²) in [5.41, 5.74) is 4.98. The predicted molar refractivity (Wildman–Crippen MR) is 428 cm³/mol. The van der Waals surface area contributed by atoms with Crippen molar-refractivity contribution in [3.63, 3.8) is 0 Å². The third-order valence-electron chi connectivity index (χ3n) is 23.8. The second-order valence-corrected chi connectivity index (χ2v) is 30.7. The van der Waals surface area contributed by atoms with Crippen LogP contribution in [0.5, 0.6) is 74.7 Å². The van der Waals surface area contributed by atoms with Crippen LogP contribution >= 0.6 is 0 Å². The van der Waals surface area contributed by atoms with Gasteiger partial charge in [0.25, 0.3) is 0 Å². The molecule has 12 aliphatic heterocycles. The average molecular weight is 1590 g/mol. The number of methoxy groups -OCH3 is 12. The highest BCUT2D eigenvalue weighted by Gasteiger charge is 2.57. The van der Waals surface area contributed by atoms with E-state index in [-0.39, 0.29) is 27.6 Å². The standard InChI is InChI=1S/C27H30O7.C23H30O6.2C20H24O6/c1-5-26-15-32-27(33-16-26,34-17-26)20-11-19-12-22(28-2)24(29-3)25(30-4)23(19)21(13-20)31-14-18-9-7-6-8-10-18;1-7-22-11-27-23(28-12-22,29-13-22)15-8-17-16(18(9-15)24-4)10-19(25-5)21(26-6)20(17)14(2)3;1-5-19-10-24-20(25-11-19,26-12-19)14-6-13-7-15(21-2)9-17(23-4)18(13)16(8-14)22-3;1-5-19-10-24-20(25-11-19,26-12-19)14-6-7-15-13(8-14)9-16(21-2)18(23-4)17(15)22-3/h6-13H,5,14-17H2,1-4H3;8-10,14H,7,11-13H2,1-6H3;2*6-9H,5,10-12H2,1-4H3. The Morgan fingerprint density at radius 1 is 0.287 bits per heavy atom. The van der Waals surface area contributed by atoms with Crippen LogP contribution in [-0.4, -0.2) is 165 Å². The minimum atomic E-state index is -1.27. The molecule has 25 heteroatoms. The number of fused-ring (bicyclic) bond motifs is 16. The van der Waals surface area contributed by atoms with Crippen molar-refractivity contribution in [2.75, 3.05) is 165 Å². The van der Waals surface area contributed by atoms with Crippen molar-refractivity contribution in [2.24, 2.45) is 21.7 Å². The first-order chi connectivity index (χ1) is 55.7. The zero-order chi connectivity index (χ0) is 81.3. The molecule has 0 unspecified atom stereocenters. The summed E-state index contributed by atoms with van der Waals surface area (Å²) in [5, 5.41) is 7.17. The van der Waals surface area contributed by atoms with Crippen LogP contribution in [0.15, 0.2) is 115 Å². The van der Waals surface area contributed by atoms with E-state index in [4.69, 9.17) is 118 Å². The van der Waals surface area contributed by atoms with Gasteiger partial charge in [-0.3, -0.25) is 0 Å². The van der Waals surface area contributed by atoms with E-state index < -0.39 is 23.9 Å². The monoisotopic (exact) mass is 1590 g/mol. The van der Waals surface area contributed by atoms with Gasteiger partial charge in [0.15, 0.2) is 34.5 Å².